The second-order valence-electron chi connectivity index (χ2n) is 10.7. The Balaban J connectivity index is 1.50. The Bertz CT molecular complexity index is 1380. The largest absolute Gasteiger partial charge is 0.507 e. The number of aliphatic hydroxyl groups is 1. The predicted molar refractivity (Wildman–Crippen MR) is 147 cm³/mol. The van der Waals surface area contributed by atoms with Crippen LogP contribution in [0, 0.1) is 5.92 Å². The molecule has 5 rings (SSSR count). The van der Waals surface area contributed by atoms with Crippen LogP contribution in [0.4, 0.5) is 0 Å². The summed E-state index contributed by atoms with van der Waals surface area (Å²) in [7, 11) is 0. The maximum atomic E-state index is 13.4. The van der Waals surface area contributed by atoms with Gasteiger partial charge in [0.25, 0.3) is 11.7 Å². The highest BCUT2D eigenvalue weighted by atomic mass is 16.5. The number of fused-ring (bicyclic) bond motifs is 1. The Morgan fingerprint density at radius 1 is 1.18 bits per heavy atom. The number of nitrogens with zero attached hydrogens (tertiary/aromatic N) is 3. The number of imidazole rings is 1. The molecule has 0 unspecified atom stereocenters. The summed E-state index contributed by atoms with van der Waals surface area (Å²) < 4.78 is 13.7. The first-order valence-electron chi connectivity index (χ1n) is 13.6. The van der Waals surface area contributed by atoms with Crippen molar-refractivity contribution in [3.63, 3.8) is 0 Å². The van der Waals surface area contributed by atoms with Gasteiger partial charge >= 0.3 is 0 Å². The number of aryl methyl sites for hydroxylation is 1. The highest BCUT2D eigenvalue weighted by Gasteiger charge is 2.46. The van der Waals surface area contributed by atoms with Crippen LogP contribution in [-0.4, -0.2) is 50.5 Å². The molecule has 2 aliphatic heterocycles. The molecule has 2 aliphatic rings. The van der Waals surface area contributed by atoms with Crippen molar-refractivity contribution in [2.45, 2.75) is 58.7 Å². The number of likely N-dealkylation sites (tertiary alicyclic amines) is 1. The van der Waals surface area contributed by atoms with E-state index >= 15 is 0 Å². The van der Waals surface area contributed by atoms with E-state index in [1.54, 1.807) is 23.5 Å². The van der Waals surface area contributed by atoms with E-state index in [1.807, 2.05) is 54.1 Å². The monoisotopic (exact) mass is 529 g/mol. The Kier molecular flexibility index (Phi) is 7.72. The SMILES string of the molecule is CC(C)CCOc1cccc([C@H]2/C(=C(\O)c3ccc4c(c3)C[C@H](C)O4)C(=O)C(=O)N2CCCn2ccnc2)c1. The van der Waals surface area contributed by atoms with Crippen LogP contribution in [0.5, 0.6) is 11.5 Å². The van der Waals surface area contributed by atoms with Gasteiger partial charge in [-0.1, -0.05) is 26.0 Å². The zero-order chi connectivity index (χ0) is 27.5. The summed E-state index contributed by atoms with van der Waals surface area (Å²) in [4.78, 5) is 32.4. The van der Waals surface area contributed by atoms with Gasteiger partial charge in [0.2, 0.25) is 0 Å². The molecule has 0 bridgehead atoms. The number of aromatic nitrogens is 2. The van der Waals surface area contributed by atoms with Gasteiger partial charge < -0.3 is 24.0 Å². The molecule has 8 nitrogen and oxygen atoms in total. The summed E-state index contributed by atoms with van der Waals surface area (Å²) in [5, 5.41) is 11.5. The quantitative estimate of drug-likeness (QED) is 0.222. The molecular weight excluding hydrogens is 494 g/mol. The number of carbonyl (C=O) groups excluding carboxylic acids is 2. The van der Waals surface area contributed by atoms with E-state index in [9.17, 15) is 14.7 Å². The zero-order valence-electron chi connectivity index (χ0n) is 22.7. The lowest BCUT2D eigenvalue weighted by Gasteiger charge is -2.26. The lowest BCUT2D eigenvalue weighted by molar-refractivity contribution is -0.139. The average molecular weight is 530 g/mol. The Morgan fingerprint density at radius 3 is 2.79 bits per heavy atom. The van der Waals surface area contributed by atoms with Crippen molar-refractivity contribution in [3.8, 4) is 11.5 Å². The highest BCUT2D eigenvalue weighted by molar-refractivity contribution is 6.46. The fourth-order valence-electron chi connectivity index (χ4n) is 5.21. The number of carbonyl (C=O) groups is 2. The molecule has 1 fully saturated rings. The first-order chi connectivity index (χ1) is 18.8. The van der Waals surface area contributed by atoms with E-state index < -0.39 is 17.7 Å². The minimum atomic E-state index is -0.732. The molecule has 3 aromatic rings. The number of hydrogen-bond acceptors (Lipinski definition) is 6. The molecule has 39 heavy (non-hydrogen) atoms. The van der Waals surface area contributed by atoms with Gasteiger partial charge in [-0.3, -0.25) is 9.59 Å². The van der Waals surface area contributed by atoms with Gasteiger partial charge in [-0.2, -0.15) is 0 Å². The lowest BCUT2D eigenvalue weighted by atomic mass is 9.94. The molecule has 1 N–H and O–H groups in total. The minimum Gasteiger partial charge on any atom is -0.507 e. The summed E-state index contributed by atoms with van der Waals surface area (Å²) in [6.07, 6.45) is 7.61. The van der Waals surface area contributed by atoms with E-state index in [4.69, 9.17) is 9.47 Å². The second-order valence-corrected chi connectivity index (χ2v) is 10.7. The van der Waals surface area contributed by atoms with Gasteiger partial charge in [-0.25, -0.2) is 4.98 Å². The standard InChI is InChI=1S/C31H35N3O5/c1-20(2)10-15-38-25-7-4-6-22(18-25)28-27(29(35)23-8-9-26-24(17-23)16-21(3)39-26)30(36)31(37)34(28)13-5-12-33-14-11-32-19-33/h4,6-9,11,14,17-21,28,35H,5,10,12-13,15-16H2,1-3H3/b29-27+/t21-,28-/m0/s1. The molecule has 2 aromatic carbocycles. The van der Waals surface area contributed by atoms with Crippen molar-refractivity contribution < 1.29 is 24.2 Å². The number of amides is 1. The number of rotatable bonds is 10. The molecule has 0 aliphatic carbocycles. The third-order valence-corrected chi connectivity index (χ3v) is 7.22. The summed E-state index contributed by atoms with van der Waals surface area (Å²) >= 11 is 0. The zero-order valence-corrected chi connectivity index (χ0v) is 22.7. The maximum Gasteiger partial charge on any atom is 0.295 e. The van der Waals surface area contributed by atoms with Crippen molar-refractivity contribution in [2.75, 3.05) is 13.2 Å². The molecule has 1 aromatic heterocycles. The second kappa shape index (κ2) is 11.4. The van der Waals surface area contributed by atoms with Crippen molar-refractivity contribution in [2.24, 2.45) is 5.92 Å². The number of ether oxygens (including phenoxy) is 2. The van der Waals surface area contributed by atoms with Gasteiger partial charge in [0.05, 0.1) is 24.5 Å². The van der Waals surface area contributed by atoms with Crippen molar-refractivity contribution >= 4 is 17.4 Å². The normalized spacial score (nSPS) is 19.9. The van der Waals surface area contributed by atoms with Gasteiger partial charge in [-0.05, 0) is 67.1 Å². The number of ketones is 1. The third-order valence-electron chi connectivity index (χ3n) is 7.22. The summed E-state index contributed by atoms with van der Waals surface area (Å²) in [6, 6.07) is 12.1. The van der Waals surface area contributed by atoms with E-state index in [0.29, 0.717) is 43.3 Å². The van der Waals surface area contributed by atoms with Gasteiger partial charge in [0.1, 0.15) is 23.4 Å². The van der Waals surface area contributed by atoms with Crippen LogP contribution in [0.3, 0.4) is 0 Å². The number of benzene rings is 2. The van der Waals surface area contributed by atoms with E-state index in [1.165, 1.54) is 0 Å². The van der Waals surface area contributed by atoms with Crippen LogP contribution in [0.15, 0.2) is 66.8 Å². The summed E-state index contributed by atoms with van der Waals surface area (Å²) in [5.41, 5.74) is 2.28. The molecule has 204 valence electrons. The summed E-state index contributed by atoms with van der Waals surface area (Å²) in [5.74, 6) is 0.482. The van der Waals surface area contributed by atoms with Crippen LogP contribution in [0.2, 0.25) is 0 Å². The van der Waals surface area contributed by atoms with Gasteiger partial charge in [-0.15, -0.1) is 0 Å². The molecule has 3 heterocycles. The molecule has 1 saturated heterocycles. The number of hydrogen-bond donors (Lipinski definition) is 1. The topological polar surface area (TPSA) is 93.9 Å². The number of aliphatic hydroxyl groups excluding tert-OH is 1. The lowest BCUT2D eigenvalue weighted by Crippen LogP contribution is -2.31. The molecule has 8 heteroatoms. The van der Waals surface area contributed by atoms with Crippen LogP contribution in [-0.2, 0) is 22.6 Å². The fourth-order valence-corrected chi connectivity index (χ4v) is 5.21. The fraction of sp³-hybridized carbons (Fsp3) is 0.387. The molecule has 2 atom stereocenters. The summed E-state index contributed by atoms with van der Waals surface area (Å²) in [6.45, 7) is 7.84. The molecular formula is C31H35N3O5. The number of Topliss-reactive ketones (excluding diaryl/α,β-unsaturated/α-hetero) is 1. The first-order valence-corrected chi connectivity index (χ1v) is 13.6. The van der Waals surface area contributed by atoms with Crippen LogP contribution in [0.1, 0.15) is 56.3 Å². The van der Waals surface area contributed by atoms with Crippen LogP contribution < -0.4 is 9.47 Å². The van der Waals surface area contributed by atoms with E-state index in [0.717, 1.165) is 29.7 Å². The van der Waals surface area contributed by atoms with Gasteiger partial charge in [0.15, 0.2) is 0 Å². The van der Waals surface area contributed by atoms with Crippen molar-refractivity contribution in [1.29, 1.82) is 0 Å². The third kappa shape index (κ3) is 5.70. The average Bonchev–Trinajstić information content (AvgIpc) is 3.62. The molecule has 0 spiro atoms. The Hall–Kier alpha value is -4.07. The minimum absolute atomic E-state index is 0.0527. The first kappa shape index (κ1) is 26.5. The van der Waals surface area contributed by atoms with Crippen molar-refractivity contribution in [1.82, 2.24) is 14.5 Å². The van der Waals surface area contributed by atoms with Crippen LogP contribution >= 0.6 is 0 Å². The highest BCUT2D eigenvalue weighted by Crippen LogP contribution is 2.41. The molecule has 0 saturated carbocycles. The van der Waals surface area contributed by atoms with E-state index in [-0.39, 0.29) is 17.4 Å². The smallest absolute Gasteiger partial charge is 0.295 e. The Morgan fingerprint density at radius 2 is 2.03 bits per heavy atom. The molecule has 0 radical (unpaired) electrons. The Labute approximate surface area is 228 Å². The van der Waals surface area contributed by atoms with Crippen molar-refractivity contribution in [3.05, 3.63) is 83.4 Å². The van der Waals surface area contributed by atoms with Crippen LogP contribution in [0.25, 0.3) is 5.76 Å². The van der Waals surface area contributed by atoms with Gasteiger partial charge in [0, 0.05) is 37.5 Å². The predicted octanol–water partition coefficient (Wildman–Crippen LogP) is 5.14. The van der Waals surface area contributed by atoms with E-state index in [2.05, 4.69) is 18.8 Å². The molecule has 1 amide bonds. The maximum absolute atomic E-state index is 13.4.